The standard InChI is InChI=1S/C12H24N2O/c1-8(2)10(13)7-11(15)14-12(3,4)9-5-6-9/h8-10H,5-7,13H2,1-4H3,(H,14,15). The lowest BCUT2D eigenvalue weighted by molar-refractivity contribution is -0.123. The molecule has 15 heavy (non-hydrogen) atoms. The van der Waals surface area contributed by atoms with Crippen LogP contribution in [0.25, 0.3) is 0 Å². The van der Waals surface area contributed by atoms with E-state index in [1.807, 2.05) is 13.8 Å². The highest BCUT2D eigenvalue weighted by Gasteiger charge is 2.38. The van der Waals surface area contributed by atoms with Crippen molar-refractivity contribution in [2.45, 2.75) is 58.5 Å². The molecule has 1 saturated carbocycles. The second-order valence-electron chi connectivity index (χ2n) is 5.66. The highest BCUT2D eigenvalue weighted by atomic mass is 16.1. The molecule has 0 aromatic heterocycles. The summed E-state index contributed by atoms with van der Waals surface area (Å²) in [5, 5.41) is 3.09. The Kier molecular flexibility index (Phi) is 3.77. The average Bonchev–Trinajstić information content (AvgIpc) is 2.83. The normalized spacial score (nSPS) is 19.1. The quantitative estimate of drug-likeness (QED) is 0.728. The predicted molar refractivity (Wildman–Crippen MR) is 62.4 cm³/mol. The second-order valence-corrected chi connectivity index (χ2v) is 5.66. The third-order valence-corrected chi connectivity index (χ3v) is 3.34. The van der Waals surface area contributed by atoms with Crippen LogP contribution in [0.1, 0.15) is 47.0 Å². The van der Waals surface area contributed by atoms with Gasteiger partial charge in [-0.3, -0.25) is 4.79 Å². The smallest absolute Gasteiger partial charge is 0.221 e. The van der Waals surface area contributed by atoms with Crippen LogP contribution in [0, 0.1) is 11.8 Å². The molecule has 1 atom stereocenters. The molecule has 1 unspecified atom stereocenters. The molecule has 1 fully saturated rings. The van der Waals surface area contributed by atoms with Gasteiger partial charge in [0.05, 0.1) is 0 Å². The summed E-state index contributed by atoms with van der Waals surface area (Å²) in [6, 6.07) is -0.0278. The Labute approximate surface area is 92.8 Å². The van der Waals surface area contributed by atoms with Gasteiger partial charge in [0.25, 0.3) is 0 Å². The van der Waals surface area contributed by atoms with Gasteiger partial charge in [0.15, 0.2) is 0 Å². The van der Waals surface area contributed by atoms with E-state index in [0.29, 0.717) is 18.3 Å². The van der Waals surface area contributed by atoms with Gasteiger partial charge in [0.1, 0.15) is 0 Å². The maximum Gasteiger partial charge on any atom is 0.221 e. The van der Waals surface area contributed by atoms with Crippen LogP contribution >= 0.6 is 0 Å². The lowest BCUT2D eigenvalue weighted by atomic mass is 9.97. The fourth-order valence-corrected chi connectivity index (χ4v) is 1.77. The fraction of sp³-hybridized carbons (Fsp3) is 0.917. The zero-order valence-corrected chi connectivity index (χ0v) is 10.3. The first-order valence-corrected chi connectivity index (χ1v) is 5.89. The molecule has 1 amide bonds. The monoisotopic (exact) mass is 212 g/mol. The molecular weight excluding hydrogens is 188 g/mol. The molecule has 0 aliphatic heterocycles. The Hall–Kier alpha value is -0.570. The Balaban J connectivity index is 2.35. The van der Waals surface area contributed by atoms with Crippen molar-refractivity contribution >= 4 is 5.91 Å². The van der Waals surface area contributed by atoms with Crippen molar-refractivity contribution in [3.05, 3.63) is 0 Å². The summed E-state index contributed by atoms with van der Waals surface area (Å²) in [5.74, 6) is 1.12. The van der Waals surface area contributed by atoms with Crippen LogP contribution in [0.15, 0.2) is 0 Å². The maximum absolute atomic E-state index is 11.7. The zero-order chi connectivity index (χ0) is 11.6. The maximum atomic E-state index is 11.7. The lowest BCUT2D eigenvalue weighted by Gasteiger charge is -2.27. The van der Waals surface area contributed by atoms with Crippen LogP contribution in [0.4, 0.5) is 0 Å². The van der Waals surface area contributed by atoms with Gasteiger partial charge in [0.2, 0.25) is 5.91 Å². The molecule has 0 aromatic carbocycles. The number of carbonyl (C=O) groups is 1. The van der Waals surface area contributed by atoms with Gasteiger partial charge >= 0.3 is 0 Å². The lowest BCUT2D eigenvalue weighted by Crippen LogP contribution is -2.47. The van der Waals surface area contributed by atoms with Crippen molar-refractivity contribution in [1.29, 1.82) is 0 Å². The predicted octanol–water partition coefficient (Wildman–Crippen LogP) is 1.66. The first-order chi connectivity index (χ1) is 6.83. The average molecular weight is 212 g/mol. The van der Waals surface area contributed by atoms with Crippen molar-refractivity contribution in [2.24, 2.45) is 17.6 Å². The highest BCUT2D eigenvalue weighted by molar-refractivity contribution is 5.77. The molecule has 0 aromatic rings. The Morgan fingerprint density at radius 1 is 1.47 bits per heavy atom. The van der Waals surface area contributed by atoms with Gasteiger partial charge in [-0.1, -0.05) is 13.8 Å². The van der Waals surface area contributed by atoms with E-state index in [1.165, 1.54) is 12.8 Å². The molecule has 88 valence electrons. The molecule has 0 saturated heterocycles. The first kappa shape index (κ1) is 12.5. The van der Waals surface area contributed by atoms with Crippen LogP contribution in [0.3, 0.4) is 0 Å². The summed E-state index contributed by atoms with van der Waals surface area (Å²) in [7, 11) is 0. The molecule has 3 nitrogen and oxygen atoms in total. The van der Waals surface area contributed by atoms with E-state index in [0.717, 1.165) is 0 Å². The van der Waals surface area contributed by atoms with Crippen LogP contribution in [0.2, 0.25) is 0 Å². The van der Waals surface area contributed by atoms with Crippen LogP contribution < -0.4 is 11.1 Å². The van der Waals surface area contributed by atoms with Crippen molar-refractivity contribution in [1.82, 2.24) is 5.32 Å². The topological polar surface area (TPSA) is 55.1 Å². The minimum atomic E-state index is -0.0478. The minimum absolute atomic E-state index is 0.0278. The number of hydrogen-bond acceptors (Lipinski definition) is 2. The molecule has 1 aliphatic rings. The van der Waals surface area contributed by atoms with E-state index in [2.05, 4.69) is 19.2 Å². The molecule has 1 aliphatic carbocycles. The van der Waals surface area contributed by atoms with Crippen molar-refractivity contribution in [3.8, 4) is 0 Å². The summed E-state index contributed by atoms with van der Waals surface area (Å²) < 4.78 is 0. The van der Waals surface area contributed by atoms with E-state index in [-0.39, 0.29) is 17.5 Å². The largest absolute Gasteiger partial charge is 0.351 e. The van der Waals surface area contributed by atoms with E-state index in [9.17, 15) is 4.79 Å². The summed E-state index contributed by atoms with van der Waals surface area (Å²) in [6.45, 7) is 8.29. The SMILES string of the molecule is CC(C)C(N)CC(=O)NC(C)(C)C1CC1. The van der Waals surface area contributed by atoms with E-state index in [4.69, 9.17) is 5.73 Å². The number of amides is 1. The number of rotatable bonds is 5. The number of hydrogen-bond donors (Lipinski definition) is 2. The fourth-order valence-electron chi connectivity index (χ4n) is 1.77. The highest BCUT2D eigenvalue weighted by Crippen LogP contribution is 2.39. The molecule has 0 bridgehead atoms. The summed E-state index contributed by atoms with van der Waals surface area (Å²) >= 11 is 0. The van der Waals surface area contributed by atoms with Crippen molar-refractivity contribution in [3.63, 3.8) is 0 Å². The van der Waals surface area contributed by atoms with E-state index < -0.39 is 0 Å². The number of carbonyl (C=O) groups excluding carboxylic acids is 1. The molecule has 0 spiro atoms. The Morgan fingerprint density at radius 3 is 2.40 bits per heavy atom. The summed E-state index contributed by atoms with van der Waals surface area (Å²) in [5.41, 5.74) is 5.82. The number of nitrogens with two attached hydrogens (primary N) is 1. The van der Waals surface area contributed by atoms with Gasteiger partial charge in [-0.2, -0.15) is 0 Å². The minimum Gasteiger partial charge on any atom is -0.351 e. The zero-order valence-electron chi connectivity index (χ0n) is 10.3. The summed E-state index contributed by atoms with van der Waals surface area (Å²) in [4.78, 5) is 11.7. The van der Waals surface area contributed by atoms with Crippen molar-refractivity contribution < 1.29 is 4.79 Å². The molecule has 3 N–H and O–H groups in total. The molecule has 0 heterocycles. The molecule has 3 heteroatoms. The molecular formula is C12H24N2O. The first-order valence-electron chi connectivity index (χ1n) is 5.89. The van der Waals surface area contributed by atoms with Gasteiger partial charge in [-0.25, -0.2) is 0 Å². The Bertz CT molecular complexity index is 232. The van der Waals surface area contributed by atoms with E-state index in [1.54, 1.807) is 0 Å². The summed E-state index contributed by atoms with van der Waals surface area (Å²) in [6.07, 6.45) is 2.92. The van der Waals surface area contributed by atoms with Gasteiger partial charge in [-0.15, -0.1) is 0 Å². The third-order valence-electron chi connectivity index (χ3n) is 3.34. The van der Waals surface area contributed by atoms with Crippen molar-refractivity contribution in [2.75, 3.05) is 0 Å². The second kappa shape index (κ2) is 4.52. The molecule has 0 radical (unpaired) electrons. The van der Waals surface area contributed by atoms with Gasteiger partial charge < -0.3 is 11.1 Å². The Morgan fingerprint density at radius 2 is 2.00 bits per heavy atom. The van der Waals surface area contributed by atoms with E-state index >= 15 is 0 Å². The molecule has 1 rings (SSSR count). The van der Waals surface area contributed by atoms with Crippen LogP contribution in [-0.2, 0) is 4.79 Å². The van der Waals surface area contributed by atoms with Crippen LogP contribution in [0.5, 0.6) is 0 Å². The number of nitrogens with one attached hydrogen (secondary N) is 1. The van der Waals surface area contributed by atoms with Gasteiger partial charge in [-0.05, 0) is 38.5 Å². The third kappa shape index (κ3) is 3.82. The van der Waals surface area contributed by atoms with Gasteiger partial charge in [0, 0.05) is 18.0 Å². The van der Waals surface area contributed by atoms with Crippen LogP contribution in [-0.4, -0.2) is 17.5 Å².